The Labute approximate surface area is 263 Å². The summed E-state index contributed by atoms with van der Waals surface area (Å²) in [5.41, 5.74) is 29.5. The second-order valence-corrected chi connectivity index (χ2v) is 9.81. The maximum atomic E-state index is 13.5. The maximum Gasteiger partial charge on any atom is 0.247 e. The van der Waals surface area contributed by atoms with Crippen molar-refractivity contribution in [3.8, 4) is 23.0 Å². The van der Waals surface area contributed by atoms with Crippen molar-refractivity contribution in [1.82, 2.24) is 5.32 Å². The molecule has 0 unspecified atom stereocenters. The van der Waals surface area contributed by atoms with E-state index in [4.69, 9.17) is 47.6 Å². The van der Waals surface area contributed by atoms with Crippen molar-refractivity contribution < 1.29 is 28.5 Å². The van der Waals surface area contributed by atoms with Gasteiger partial charge in [0.1, 0.15) is 11.8 Å². The lowest BCUT2D eigenvalue weighted by atomic mass is 10.1. The summed E-state index contributed by atoms with van der Waals surface area (Å²) in [7, 11) is 6.12. The zero-order chi connectivity index (χ0) is 33.4. The van der Waals surface area contributed by atoms with E-state index in [-0.39, 0.29) is 24.9 Å². The number of carbonyl (C=O) groups is 2. The molecule has 2 aromatic carbocycles. The Bertz CT molecular complexity index is 1350. The van der Waals surface area contributed by atoms with Gasteiger partial charge in [-0.05, 0) is 61.1 Å². The monoisotopic (exact) mass is 627 g/mol. The van der Waals surface area contributed by atoms with Gasteiger partial charge in [0.05, 0.1) is 40.2 Å². The molecule has 0 aliphatic heterocycles. The van der Waals surface area contributed by atoms with Gasteiger partial charge in [-0.15, -0.1) is 0 Å². The van der Waals surface area contributed by atoms with E-state index in [1.807, 2.05) is 30.4 Å². The number of nitrogens with two attached hydrogens (primary N) is 5. The third-order valence-electron chi connectivity index (χ3n) is 6.52. The smallest absolute Gasteiger partial charge is 0.247 e. The van der Waals surface area contributed by atoms with Crippen LogP contribution < -0.4 is 58.2 Å². The first-order chi connectivity index (χ1) is 21.5. The van der Waals surface area contributed by atoms with Gasteiger partial charge in [0.2, 0.25) is 17.6 Å². The third-order valence-corrected chi connectivity index (χ3v) is 6.52. The van der Waals surface area contributed by atoms with Crippen LogP contribution in [0.15, 0.2) is 40.3 Å². The van der Waals surface area contributed by atoms with Crippen molar-refractivity contribution in [2.75, 3.05) is 46.8 Å². The number of ether oxygens (including phenoxy) is 4. The number of hydrogen-bond donors (Lipinski definition) is 7. The van der Waals surface area contributed by atoms with Crippen LogP contribution in [0.3, 0.4) is 0 Å². The SMILES string of the molecule is COc1ccc(/C=C\c2cc(OC)c(OC)c(OC)c2)cc1NC(=O)[C@H](CCCN=C(N)N)NC(=O)[C@@H](N)CCCN=C(N)N. The molecule has 45 heavy (non-hydrogen) atoms. The molecule has 2 aromatic rings. The Kier molecular flexibility index (Phi) is 14.8. The lowest BCUT2D eigenvalue weighted by Crippen LogP contribution is -2.50. The average Bonchev–Trinajstić information content (AvgIpc) is 3.02. The van der Waals surface area contributed by atoms with Crippen LogP contribution in [0.1, 0.15) is 36.8 Å². The fourth-order valence-corrected chi connectivity index (χ4v) is 4.24. The number of nitrogens with zero attached hydrogens (tertiary/aromatic N) is 2. The summed E-state index contributed by atoms with van der Waals surface area (Å²) in [5, 5.41) is 5.61. The molecule has 0 bridgehead atoms. The Morgan fingerprint density at radius 1 is 0.756 bits per heavy atom. The summed E-state index contributed by atoms with van der Waals surface area (Å²) in [4.78, 5) is 34.2. The molecule has 0 saturated carbocycles. The fraction of sp³-hybridized carbons (Fsp3) is 0.400. The van der Waals surface area contributed by atoms with Gasteiger partial charge in [-0.3, -0.25) is 19.6 Å². The number of guanidine groups is 2. The second-order valence-electron chi connectivity index (χ2n) is 9.81. The topological polar surface area (TPSA) is 250 Å². The van der Waals surface area contributed by atoms with Gasteiger partial charge < -0.3 is 58.2 Å². The molecule has 12 N–H and O–H groups in total. The van der Waals surface area contributed by atoms with Crippen molar-refractivity contribution in [3.05, 3.63) is 41.5 Å². The van der Waals surface area contributed by atoms with Gasteiger partial charge in [-0.1, -0.05) is 18.2 Å². The minimum atomic E-state index is -0.932. The molecule has 0 saturated heterocycles. The fourth-order valence-electron chi connectivity index (χ4n) is 4.24. The quantitative estimate of drug-likeness (QED) is 0.0525. The molecule has 15 nitrogen and oxygen atoms in total. The number of nitrogens with one attached hydrogen (secondary N) is 2. The molecule has 2 amide bonds. The summed E-state index contributed by atoms with van der Waals surface area (Å²) in [6.07, 6.45) is 5.19. The highest BCUT2D eigenvalue weighted by molar-refractivity contribution is 5.99. The van der Waals surface area contributed by atoms with Crippen LogP contribution in [0.5, 0.6) is 23.0 Å². The first kappa shape index (κ1) is 36.0. The average molecular weight is 628 g/mol. The van der Waals surface area contributed by atoms with Gasteiger partial charge in [-0.25, -0.2) is 0 Å². The Hall–Kier alpha value is -5.18. The minimum Gasteiger partial charge on any atom is -0.495 e. The summed E-state index contributed by atoms with van der Waals surface area (Å²) < 4.78 is 21.7. The van der Waals surface area contributed by atoms with Crippen LogP contribution in [-0.4, -0.2) is 77.3 Å². The lowest BCUT2D eigenvalue weighted by molar-refractivity contribution is -0.127. The first-order valence-electron chi connectivity index (χ1n) is 14.2. The number of carbonyl (C=O) groups excluding carboxylic acids is 2. The molecule has 0 aliphatic carbocycles. The zero-order valence-corrected chi connectivity index (χ0v) is 26.2. The van der Waals surface area contributed by atoms with Gasteiger partial charge in [0.15, 0.2) is 23.4 Å². The molecule has 0 radical (unpaired) electrons. The predicted molar refractivity (Wildman–Crippen MR) is 176 cm³/mol. The Morgan fingerprint density at radius 3 is 1.84 bits per heavy atom. The summed E-state index contributed by atoms with van der Waals surface area (Å²) in [6.45, 7) is 0.604. The van der Waals surface area contributed by atoms with Gasteiger partial charge >= 0.3 is 0 Å². The van der Waals surface area contributed by atoms with Gasteiger partial charge in [0, 0.05) is 13.1 Å². The molecule has 0 aromatic heterocycles. The van der Waals surface area contributed by atoms with Crippen LogP contribution in [0.2, 0.25) is 0 Å². The van der Waals surface area contributed by atoms with Gasteiger partial charge in [-0.2, -0.15) is 0 Å². The number of anilines is 1. The number of rotatable bonds is 18. The third kappa shape index (κ3) is 11.8. The number of aliphatic imine (C=N–C) groups is 2. The van der Waals surface area contributed by atoms with E-state index in [0.717, 1.165) is 11.1 Å². The molecule has 0 spiro atoms. The number of benzene rings is 2. The molecule has 15 heteroatoms. The Morgan fingerprint density at radius 2 is 1.31 bits per heavy atom. The van der Waals surface area contributed by atoms with Gasteiger partial charge in [0.25, 0.3) is 0 Å². The van der Waals surface area contributed by atoms with Crippen molar-refractivity contribution in [3.63, 3.8) is 0 Å². The minimum absolute atomic E-state index is 0.0401. The second kappa shape index (κ2) is 18.5. The lowest BCUT2D eigenvalue weighted by Gasteiger charge is -2.21. The first-order valence-corrected chi connectivity index (χ1v) is 14.2. The highest BCUT2D eigenvalue weighted by atomic mass is 16.5. The molecule has 0 aliphatic rings. The summed E-state index contributed by atoms with van der Waals surface area (Å²) >= 11 is 0. The molecular formula is C30H45N9O6. The van der Waals surface area contributed by atoms with Crippen LogP contribution in [0.25, 0.3) is 12.2 Å². The molecule has 2 rings (SSSR count). The standard InChI is InChI=1S/C30H45N9O6/c1-42-23-12-11-18(9-10-19-16-24(43-2)26(45-4)25(17-19)44-3)15-22(23)39-28(41)21(8-6-14-37-30(34)35)38-27(40)20(31)7-5-13-36-29(32)33/h9-12,15-17,20-21H,5-8,13-14,31H2,1-4H3,(H,38,40)(H,39,41)(H4,32,33,36)(H4,34,35,37)/b10-9-/t20-,21-/m0/s1. The van der Waals surface area contributed by atoms with E-state index < -0.39 is 23.9 Å². The van der Waals surface area contributed by atoms with Crippen LogP contribution >= 0.6 is 0 Å². The molecule has 0 heterocycles. The van der Waals surface area contributed by atoms with Crippen molar-refractivity contribution in [2.24, 2.45) is 38.7 Å². The number of hydrogen-bond acceptors (Lipinski definition) is 9. The summed E-state index contributed by atoms with van der Waals surface area (Å²) in [5.74, 6) is 0.876. The number of amides is 2. The Balaban J connectivity index is 2.26. The summed E-state index contributed by atoms with van der Waals surface area (Å²) in [6, 6.07) is 7.13. The highest BCUT2D eigenvalue weighted by Gasteiger charge is 2.24. The van der Waals surface area contributed by atoms with Crippen molar-refractivity contribution in [1.29, 1.82) is 0 Å². The number of methoxy groups -OCH3 is 4. The maximum absolute atomic E-state index is 13.5. The van der Waals surface area contributed by atoms with E-state index in [1.54, 1.807) is 26.4 Å². The van der Waals surface area contributed by atoms with E-state index in [0.29, 0.717) is 54.5 Å². The van der Waals surface area contributed by atoms with E-state index in [2.05, 4.69) is 20.6 Å². The molecule has 2 atom stereocenters. The van der Waals surface area contributed by atoms with Crippen molar-refractivity contribution >= 4 is 41.6 Å². The largest absolute Gasteiger partial charge is 0.495 e. The van der Waals surface area contributed by atoms with E-state index in [9.17, 15) is 9.59 Å². The normalized spacial score (nSPS) is 12.0. The zero-order valence-electron chi connectivity index (χ0n) is 26.2. The van der Waals surface area contributed by atoms with E-state index >= 15 is 0 Å². The van der Waals surface area contributed by atoms with Crippen LogP contribution in [0.4, 0.5) is 5.69 Å². The molecule has 246 valence electrons. The molecular weight excluding hydrogens is 582 g/mol. The predicted octanol–water partition coefficient (Wildman–Crippen LogP) is 0.749. The van der Waals surface area contributed by atoms with E-state index in [1.165, 1.54) is 14.2 Å². The van der Waals surface area contributed by atoms with Crippen molar-refractivity contribution in [2.45, 2.75) is 37.8 Å². The van der Waals surface area contributed by atoms with Crippen LogP contribution in [0, 0.1) is 0 Å². The molecule has 0 fully saturated rings. The highest BCUT2D eigenvalue weighted by Crippen LogP contribution is 2.38. The van der Waals surface area contributed by atoms with Crippen LogP contribution in [-0.2, 0) is 9.59 Å².